The standard InChI is InChI=1S/C12H15Cl2N5S/c1-19-12(16-17-18-19)20-6-2-5-15-8-9-3-4-10(13)11(14)7-9/h3-4,7,15H,2,5-6,8H2,1H3. The Morgan fingerprint density at radius 2 is 2.15 bits per heavy atom. The third-order valence-electron chi connectivity index (χ3n) is 2.62. The molecule has 0 spiro atoms. The van der Waals surface area contributed by atoms with Crippen LogP contribution in [0.25, 0.3) is 0 Å². The summed E-state index contributed by atoms with van der Waals surface area (Å²) in [5.41, 5.74) is 1.13. The van der Waals surface area contributed by atoms with Crippen LogP contribution < -0.4 is 5.32 Å². The number of nitrogens with zero attached hydrogens (tertiary/aromatic N) is 4. The predicted octanol–water partition coefficient (Wildman–Crippen LogP) is 2.79. The molecule has 1 aromatic carbocycles. The minimum Gasteiger partial charge on any atom is -0.313 e. The lowest BCUT2D eigenvalue weighted by atomic mass is 10.2. The number of tetrazole rings is 1. The molecule has 0 radical (unpaired) electrons. The highest BCUT2D eigenvalue weighted by Gasteiger charge is 2.02. The SMILES string of the molecule is Cn1nnnc1SCCCNCc1ccc(Cl)c(Cl)c1. The lowest BCUT2D eigenvalue weighted by molar-refractivity contribution is 0.661. The van der Waals surface area contributed by atoms with Crippen molar-refractivity contribution in [3.05, 3.63) is 33.8 Å². The van der Waals surface area contributed by atoms with Gasteiger partial charge in [-0.3, -0.25) is 0 Å². The van der Waals surface area contributed by atoms with E-state index in [0.29, 0.717) is 10.0 Å². The molecular formula is C12H15Cl2N5S. The fraction of sp³-hybridized carbons (Fsp3) is 0.417. The van der Waals surface area contributed by atoms with Gasteiger partial charge in [-0.25, -0.2) is 4.68 Å². The molecule has 0 saturated carbocycles. The van der Waals surface area contributed by atoms with Crippen molar-refractivity contribution < 1.29 is 0 Å². The van der Waals surface area contributed by atoms with Crippen LogP contribution >= 0.6 is 35.0 Å². The zero-order valence-electron chi connectivity index (χ0n) is 11.0. The summed E-state index contributed by atoms with van der Waals surface area (Å²) in [6.07, 6.45) is 1.04. The molecule has 8 heteroatoms. The van der Waals surface area contributed by atoms with Gasteiger partial charge in [0.25, 0.3) is 0 Å². The molecule has 108 valence electrons. The van der Waals surface area contributed by atoms with Crippen molar-refractivity contribution in [2.45, 2.75) is 18.1 Å². The van der Waals surface area contributed by atoms with E-state index in [4.69, 9.17) is 23.2 Å². The first-order valence-corrected chi connectivity index (χ1v) is 7.91. The first-order valence-electron chi connectivity index (χ1n) is 6.16. The molecular weight excluding hydrogens is 317 g/mol. The molecule has 0 aliphatic carbocycles. The molecule has 0 unspecified atom stereocenters. The van der Waals surface area contributed by atoms with Gasteiger partial charge in [-0.1, -0.05) is 41.0 Å². The molecule has 0 bridgehead atoms. The summed E-state index contributed by atoms with van der Waals surface area (Å²) >= 11 is 13.5. The van der Waals surface area contributed by atoms with Crippen molar-refractivity contribution in [1.29, 1.82) is 0 Å². The van der Waals surface area contributed by atoms with Gasteiger partial charge in [0.2, 0.25) is 5.16 Å². The number of thioether (sulfide) groups is 1. The Labute approximate surface area is 132 Å². The van der Waals surface area contributed by atoms with Gasteiger partial charge in [-0.15, -0.1) is 5.10 Å². The van der Waals surface area contributed by atoms with E-state index >= 15 is 0 Å². The smallest absolute Gasteiger partial charge is 0.209 e. The molecule has 2 aromatic rings. The van der Waals surface area contributed by atoms with E-state index in [1.54, 1.807) is 16.4 Å². The number of hydrogen-bond donors (Lipinski definition) is 1. The van der Waals surface area contributed by atoms with Crippen LogP contribution in [0.4, 0.5) is 0 Å². The van der Waals surface area contributed by atoms with Gasteiger partial charge in [-0.05, 0) is 41.1 Å². The quantitative estimate of drug-likeness (QED) is 0.624. The Hall–Kier alpha value is -0.820. The van der Waals surface area contributed by atoms with Gasteiger partial charge in [0.05, 0.1) is 10.0 Å². The van der Waals surface area contributed by atoms with Crippen LogP contribution in [0, 0.1) is 0 Å². The minimum absolute atomic E-state index is 0.587. The summed E-state index contributed by atoms with van der Waals surface area (Å²) in [7, 11) is 1.84. The van der Waals surface area contributed by atoms with E-state index in [-0.39, 0.29) is 0 Å². The monoisotopic (exact) mass is 331 g/mol. The van der Waals surface area contributed by atoms with Gasteiger partial charge in [0.15, 0.2) is 0 Å². The van der Waals surface area contributed by atoms with Gasteiger partial charge >= 0.3 is 0 Å². The lowest BCUT2D eigenvalue weighted by Gasteiger charge is -2.05. The average Bonchev–Trinajstić information content (AvgIpc) is 2.83. The van der Waals surface area contributed by atoms with E-state index < -0.39 is 0 Å². The van der Waals surface area contributed by atoms with Crippen LogP contribution in [-0.2, 0) is 13.6 Å². The van der Waals surface area contributed by atoms with Crippen molar-refractivity contribution in [2.24, 2.45) is 7.05 Å². The Morgan fingerprint density at radius 3 is 2.85 bits per heavy atom. The summed E-state index contributed by atoms with van der Waals surface area (Å²) in [6, 6.07) is 5.68. The molecule has 0 aliphatic rings. The van der Waals surface area contributed by atoms with Crippen LogP contribution in [0.3, 0.4) is 0 Å². The van der Waals surface area contributed by atoms with Gasteiger partial charge in [-0.2, -0.15) is 0 Å². The molecule has 1 N–H and O–H groups in total. The number of aryl methyl sites for hydroxylation is 1. The Kier molecular flexibility index (Phi) is 6.09. The third-order valence-corrected chi connectivity index (χ3v) is 4.46. The highest BCUT2D eigenvalue weighted by Crippen LogP contribution is 2.22. The molecule has 0 atom stereocenters. The zero-order valence-corrected chi connectivity index (χ0v) is 13.3. The fourth-order valence-electron chi connectivity index (χ4n) is 1.59. The topological polar surface area (TPSA) is 55.6 Å². The Bertz CT molecular complexity index is 561. The van der Waals surface area contributed by atoms with E-state index in [1.165, 1.54) is 0 Å². The second kappa shape index (κ2) is 7.83. The maximum absolute atomic E-state index is 5.96. The number of rotatable bonds is 7. The highest BCUT2D eigenvalue weighted by molar-refractivity contribution is 7.99. The van der Waals surface area contributed by atoms with E-state index in [2.05, 4.69) is 20.8 Å². The normalized spacial score (nSPS) is 10.9. The number of nitrogens with one attached hydrogen (secondary N) is 1. The van der Waals surface area contributed by atoms with E-state index in [1.807, 2.05) is 25.2 Å². The van der Waals surface area contributed by atoms with Gasteiger partial charge < -0.3 is 5.32 Å². The largest absolute Gasteiger partial charge is 0.313 e. The summed E-state index contributed by atoms with van der Waals surface area (Å²) in [6.45, 7) is 1.71. The number of aromatic nitrogens is 4. The summed E-state index contributed by atoms with van der Waals surface area (Å²) in [4.78, 5) is 0. The molecule has 0 aliphatic heterocycles. The predicted molar refractivity (Wildman–Crippen MR) is 82.3 cm³/mol. The molecule has 0 saturated heterocycles. The minimum atomic E-state index is 0.587. The molecule has 2 rings (SSSR count). The molecule has 5 nitrogen and oxygen atoms in total. The van der Waals surface area contributed by atoms with Crippen LogP contribution in [-0.4, -0.2) is 32.5 Å². The Morgan fingerprint density at radius 1 is 1.30 bits per heavy atom. The van der Waals surface area contributed by atoms with Crippen molar-refractivity contribution in [3.8, 4) is 0 Å². The second-order valence-electron chi connectivity index (χ2n) is 4.21. The molecule has 0 amide bonds. The van der Waals surface area contributed by atoms with Crippen molar-refractivity contribution in [2.75, 3.05) is 12.3 Å². The van der Waals surface area contributed by atoms with Crippen LogP contribution in [0.1, 0.15) is 12.0 Å². The first-order chi connectivity index (χ1) is 9.66. The summed E-state index contributed by atoms with van der Waals surface area (Å²) < 4.78 is 1.67. The van der Waals surface area contributed by atoms with Crippen LogP contribution in [0.15, 0.2) is 23.4 Å². The van der Waals surface area contributed by atoms with Crippen molar-refractivity contribution in [3.63, 3.8) is 0 Å². The molecule has 0 fully saturated rings. The summed E-state index contributed by atoms with van der Waals surface area (Å²) in [5.74, 6) is 0.975. The summed E-state index contributed by atoms with van der Waals surface area (Å²) in [5, 5.41) is 16.7. The third kappa shape index (κ3) is 4.63. The fourth-order valence-corrected chi connectivity index (χ4v) is 2.70. The van der Waals surface area contributed by atoms with Gasteiger partial charge in [0.1, 0.15) is 0 Å². The van der Waals surface area contributed by atoms with Crippen molar-refractivity contribution >= 4 is 35.0 Å². The van der Waals surface area contributed by atoms with E-state index in [0.717, 1.165) is 36.0 Å². The van der Waals surface area contributed by atoms with Crippen molar-refractivity contribution in [1.82, 2.24) is 25.5 Å². The van der Waals surface area contributed by atoms with Gasteiger partial charge in [0, 0.05) is 19.3 Å². The molecule has 20 heavy (non-hydrogen) atoms. The molecule has 1 heterocycles. The number of benzene rings is 1. The van der Waals surface area contributed by atoms with E-state index in [9.17, 15) is 0 Å². The maximum Gasteiger partial charge on any atom is 0.209 e. The number of halogens is 2. The highest BCUT2D eigenvalue weighted by atomic mass is 35.5. The van der Waals surface area contributed by atoms with Crippen LogP contribution in [0.5, 0.6) is 0 Å². The maximum atomic E-state index is 5.96. The lowest BCUT2D eigenvalue weighted by Crippen LogP contribution is -2.15. The Balaban J connectivity index is 1.62. The number of hydrogen-bond acceptors (Lipinski definition) is 5. The second-order valence-corrected chi connectivity index (χ2v) is 6.09. The van der Waals surface area contributed by atoms with Crippen LogP contribution in [0.2, 0.25) is 10.0 Å². The molecule has 1 aromatic heterocycles. The zero-order chi connectivity index (χ0) is 14.4. The first kappa shape index (κ1) is 15.6. The average molecular weight is 332 g/mol.